The second kappa shape index (κ2) is 2.38. The van der Waals surface area contributed by atoms with Crippen molar-refractivity contribution in [1.29, 1.82) is 0 Å². The summed E-state index contributed by atoms with van der Waals surface area (Å²) in [4.78, 5) is 0. The second-order valence-electron chi connectivity index (χ2n) is 2.50. The molecule has 0 saturated carbocycles. The molecule has 0 N–H and O–H groups in total. The Balaban J connectivity index is 2.96. The van der Waals surface area contributed by atoms with E-state index in [2.05, 4.69) is 15.9 Å². The minimum Gasteiger partial charge on any atom is -0.468 e. The standard InChI is InChI=1S/C9H7BrO/c1-6-9-7(5-11-6)3-2-4-8(9)10/h2-5H,1H3. The Hall–Kier alpha value is -0.760. The number of benzene rings is 1. The molecule has 0 aliphatic rings. The molecular formula is C9H7BrO. The average Bonchev–Trinajstić information content (AvgIpc) is 2.34. The van der Waals surface area contributed by atoms with Crippen LogP contribution in [-0.4, -0.2) is 0 Å². The van der Waals surface area contributed by atoms with Gasteiger partial charge in [-0.25, -0.2) is 0 Å². The molecule has 0 spiro atoms. The fourth-order valence-electron chi connectivity index (χ4n) is 1.22. The third-order valence-electron chi connectivity index (χ3n) is 1.76. The van der Waals surface area contributed by atoms with Crippen molar-refractivity contribution in [3.63, 3.8) is 0 Å². The van der Waals surface area contributed by atoms with Gasteiger partial charge in [-0.15, -0.1) is 0 Å². The van der Waals surface area contributed by atoms with Gasteiger partial charge in [-0.2, -0.15) is 0 Å². The van der Waals surface area contributed by atoms with E-state index in [0.717, 1.165) is 15.6 Å². The Morgan fingerprint density at radius 2 is 2.18 bits per heavy atom. The zero-order valence-electron chi connectivity index (χ0n) is 6.10. The molecule has 11 heavy (non-hydrogen) atoms. The number of halogens is 1. The Labute approximate surface area is 73.1 Å². The first kappa shape index (κ1) is 6.92. The summed E-state index contributed by atoms with van der Waals surface area (Å²) in [7, 11) is 0. The largest absolute Gasteiger partial charge is 0.468 e. The van der Waals surface area contributed by atoms with E-state index in [-0.39, 0.29) is 0 Å². The molecule has 0 aliphatic carbocycles. The summed E-state index contributed by atoms with van der Waals surface area (Å²) >= 11 is 3.47. The Kier molecular flexibility index (Phi) is 1.50. The van der Waals surface area contributed by atoms with Gasteiger partial charge in [-0.05, 0) is 13.0 Å². The van der Waals surface area contributed by atoms with Crippen LogP contribution in [0.15, 0.2) is 33.4 Å². The predicted octanol–water partition coefficient (Wildman–Crippen LogP) is 3.50. The van der Waals surface area contributed by atoms with E-state index in [0.29, 0.717) is 0 Å². The second-order valence-corrected chi connectivity index (χ2v) is 3.35. The normalized spacial score (nSPS) is 10.7. The molecule has 0 atom stereocenters. The number of hydrogen-bond donors (Lipinski definition) is 0. The molecule has 0 radical (unpaired) electrons. The highest BCUT2D eigenvalue weighted by atomic mass is 79.9. The van der Waals surface area contributed by atoms with E-state index in [4.69, 9.17) is 4.42 Å². The quantitative estimate of drug-likeness (QED) is 0.649. The highest BCUT2D eigenvalue weighted by Crippen LogP contribution is 2.27. The first-order valence-electron chi connectivity index (χ1n) is 3.41. The Morgan fingerprint density at radius 1 is 1.36 bits per heavy atom. The monoisotopic (exact) mass is 210 g/mol. The fourth-order valence-corrected chi connectivity index (χ4v) is 1.88. The van der Waals surface area contributed by atoms with Gasteiger partial charge in [-0.3, -0.25) is 0 Å². The first-order chi connectivity index (χ1) is 5.29. The lowest BCUT2D eigenvalue weighted by Gasteiger charge is -1.91. The molecule has 56 valence electrons. The van der Waals surface area contributed by atoms with Gasteiger partial charge in [0.1, 0.15) is 5.76 Å². The van der Waals surface area contributed by atoms with Gasteiger partial charge in [0.15, 0.2) is 0 Å². The molecule has 0 saturated heterocycles. The van der Waals surface area contributed by atoms with Crippen LogP contribution in [0.2, 0.25) is 0 Å². The third kappa shape index (κ3) is 0.979. The zero-order chi connectivity index (χ0) is 7.84. The van der Waals surface area contributed by atoms with Crippen LogP contribution in [-0.2, 0) is 0 Å². The molecule has 1 aromatic carbocycles. The molecule has 2 rings (SSSR count). The maximum atomic E-state index is 5.27. The molecule has 0 amide bonds. The van der Waals surface area contributed by atoms with Crippen LogP contribution in [0.5, 0.6) is 0 Å². The van der Waals surface area contributed by atoms with E-state index in [1.807, 2.05) is 25.1 Å². The predicted molar refractivity (Wildman–Crippen MR) is 48.7 cm³/mol. The summed E-state index contributed by atoms with van der Waals surface area (Å²) in [5.41, 5.74) is 0. The van der Waals surface area contributed by atoms with Crippen molar-refractivity contribution in [2.45, 2.75) is 6.92 Å². The number of furan rings is 1. The molecule has 2 heteroatoms. The van der Waals surface area contributed by atoms with Gasteiger partial charge < -0.3 is 4.42 Å². The summed E-state index contributed by atoms with van der Waals surface area (Å²) in [5, 5.41) is 2.32. The molecule has 0 aliphatic heterocycles. The minimum atomic E-state index is 0.965. The van der Waals surface area contributed by atoms with Crippen molar-refractivity contribution in [3.05, 3.63) is 34.7 Å². The van der Waals surface area contributed by atoms with Crippen molar-refractivity contribution >= 4 is 26.7 Å². The van der Waals surface area contributed by atoms with Crippen molar-refractivity contribution < 1.29 is 4.42 Å². The van der Waals surface area contributed by atoms with Gasteiger partial charge in [0, 0.05) is 15.2 Å². The van der Waals surface area contributed by atoms with E-state index in [1.54, 1.807) is 6.26 Å². The van der Waals surface area contributed by atoms with Crippen molar-refractivity contribution in [2.24, 2.45) is 0 Å². The van der Waals surface area contributed by atoms with Gasteiger partial charge in [0.2, 0.25) is 0 Å². The van der Waals surface area contributed by atoms with Gasteiger partial charge in [-0.1, -0.05) is 28.1 Å². The topological polar surface area (TPSA) is 13.1 Å². The van der Waals surface area contributed by atoms with E-state index >= 15 is 0 Å². The number of aryl methyl sites for hydroxylation is 1. The van der Waals surface area contributed by atoms with Gasteiger partial charge >= 0.3 is 0 Å². The number of rotatable bonds is 0. The lowest BCUT2D eigenvalue weighted by Crippen LogP contribution is -1.69. The molecule has 1 heterocycles. The first-order valence-corrected chi connectivity index (χ1v) is 4.20. The molecule has 1 aromatic heterocycles. The summed E-state index contributed by atoms with van der Waals surface area (Å²) in [6.45, 7) is 1.97. The van der Waals surface area contributed by atoms with Crippen molar-refractivity contribution in [3.8, 4) is 0 Å². The number of hydrogen-bond acceptors (Lipinski definition) is 1. The minimum absolute atomic E-state index is 0.965. The van der Waals surface area contributed by atoms with Crippen LogP contribution in [0.4, 0.5) is 0 Å². The molecular weight excluding hydrogens is 204 g/mol. The summed E-state index contributed by atoms with van der Waals surface area (Å²) in [6, 6.07) is 6.06. The summed E-state index contributed by atoms with van der Waals surface area (Å²) in [6.07, 6.45) is 1.77. The van der Waals surface area contributed by atoms with E-state index in [9.17, 15) is 0 Å². The zero-order valence-corrected chi connectivity index (χ0v) is 7.68. The smallest absolute Gasteiger partial charge is 0.109 e. The summed E-state index contributed by atoms with van der Waals surface area (Å²) < 4.78 is 6.36. The van der Waals surface area contributed by atoms with Crippen molar-refractivity contribution in [2.75, 3.05) is 0 Å². The van der Waals surface area contributed by atoms with Gasteiger partial charge in [0.25, 0.3) is 0 Å². The van der Waals surface area contributed by atoms with Crippen LogP contribution in [0.3, 0.4) is 0 Å². The van der Waals surface area contributed by atoms with Crippen LogP contribution >= 0.6 is 15.9 Å². The third-order valence-corrected chi connectivity index (χ3v) is 2.42. The van der Waals surface area contributed by atoms with Crippen molar-refractivity contribution in [1.82, 2.24) is 0 Å². The fraction of sp³-hybridized carbons (Fsp3) is 0.111. The van der Waals surface area contributed by atoms with E-state index in [1.165, 1.54) is 5.39 Å². The van der Waals surface area contributed by atoms with E-state index < -0.39 is 0 Å². The van der Waals surface area contributed by atoms with Crippen LogP contribution in [0.1, 0.15) is 5.76 Å². The van der Waals surface area contributed by atoms with Crippen LogP contribution in [0.25, 0.3) is 10.8 Å². The summed E-state index contributed by atoms with van der Waals surface area (Å²) in [5.74, 6) is 0.965. The average molecular weight is 211 g/mol. The SMILES string of the molecule is Cc1occ2cccc(Br)c12. The van der Waals surface area contributed by atoms with Crippen LogP contribution in [0, 0.1) is 6.92 Å². The molecule has 0 unspecified atom stereocenters. The molecule has 0 fully saturated rings. The number of fused-ring (bicyclic) bond motifs is 1. The highest BCUT2D eigenvalue weighted by molar-refractivity contribution is 9.10. The maximum Gasteiger partial charge on any atom is 0.109 e. The maximum absolute atomic E-state index is 5.27. The highest BCUT2D eigenvalue weighted by Gasteiger charge is 2.03. The van der Waals surface area contributed by atoms with Gasteiger partial charge in [0.05, 0.1) is 6.26 Å². The molecule has 0 bridgehead atoms. The molecule has 1 nitrogen and oxygen atoms in total. The Morgan fingerprint density at radius 3 is 2.91 bits per heavy atom. The van der Waals surface area contributed by atoms with Crippen LogP contribution < -0.4 is 0 Å². The lowest BCUT2D eigenvalue weighted by molar-refractivity contribution is 0.539. The Bertz CT molecular complexity index is 389. The lowest BCUT2D eigenvalue weighted by atomic mass is 10.2. The molecule has 2 aromatic rings.